The fourth-order valence-electron chi connectivity index (χ4n) is 4.32. The fraction of sp³-hybridized carbons (Fsp3) is 0.385. The molecule has 0 atom stereocenters. The second-order valence-electron chi connectivity index (χ2n) is 8.60. The van der Waals surface area contributed by atoms with Gasteiger partial charge in [-0.1, -0.05) is 35.5 Å². The van der Waals surface area contributed by atoms with Crippen molar-refractivity contribution in [3.05, 3.63) is 59.0 Å². The van der Waals surface area contributed by atoms with E-state index in [0.29, 0.717) is 25.3 Å². The van der Waals surface area contributed by atoms with Crippen LogP contribution in [-0.4, -0.2) is 51.4 Å². The normalized spacial score (nSPS) is 11.2. The highest BCUT2D eigenvalue weighted by Crippen LogP contribution is 2.30. The number of hydrogen-bond acceptors (Lipinski definition) is 6. The van der Waals surface area contributed by atoms with Crippen LogP contribution in [0.2, 0.25) is 0 Å². The van der Waals surface area contributed by atoms with Gasteiger partial charge in [-0.15, -0.1) is 5.10 Å². The lowest BCUT2D eigenvalue weighted by Gasteiger charge is -2.18. The molecule has 34 heavy (non-hydrogen) atoms. The largest absolute Gasteiger partial charge is 0.479 e. The number of benzene rings is 1. The van der Waals surface area contributed by atoms with Gasteiger partial charge in [0.25, 0.3) is 0 Å². The van der Waals surface area contributed by atoms with E-state index in [0.717, 1.165) is 57.7 Å². The van der Waals surface area contributed by atoms with E-state index in [-0.39, 0.29) is 5.91 Å². The Morgan fingerprint density at radius 3 is 2.68 bits per heavy atom. The number of carbonyl (C=O) groups excluding carboxylic acids is 1. The van der Waals surface area contributed by atoms with E-state index in [9.17, 15) is 4.79 Å². The van der Waals surface area contributed by atoms with Gasteiger partial charge >= 0.3 is 0 Å². The first-order valence-electron chi connectivity index (χ1n) is 11.5. The van der Waals surface area contributed by atoms with E-state index in [1.165, 1.54) is 0 Å². The van der Waals surface area contributed by atoms with E-state index in [1.807, 2.05) is 64.3 Å². The minimum atomic E-state index is 0.111. The molecule has 8 heteroatoms. The molecule has 8 nitrogen and oxygen atoms in total. The van der Waals surface area contributed by atoms with E-state index < -0.39 is 0 Å². The number of fused-ring (bicyclic) bond motifs is 1. The van der Waals surface area contributed by atoms with Crippen LogP contribution in [0.1, 0.15) is 35.4 Å². The van der Waals surface area contributed by atoms with Gasteiger partial charge in [0.1, 0.15) is 11.5 Å². The molecule has 0 radical (unpaired) electrons. The topological polar surface area (TPSA) is 86.3 Å². The first-order chi connectivity index (χ1) is 16.4. The number of pyridine rings is 1. The molecule has 0 saturated carbocycles. The van der Waals surface area contributed by atoms with Crippen molar-refractivity contribution in [2.24, 2.45) is 7.05 Å². The van der Waals surface area contributed by atoms with Gasteiger partial charge in [0.05, 0.1) is 12.5 Å². The van der Waals surface area contributed by atoms with Crippen molar-refractivity contribution in [1.82, 2.24) is 24.8 Å². The maximum atomic E-state index is 12.8. The van der Waals surface area contributed by atoms with Crippen LogP contribution in [0.15, 0.2) is 40.9 Å². The average Bonchev–Trinajstić information content (AvgIpc) is 3.43. The van der Waals surface area contributed by atoms with Crippen LogP contribution in [-0.2, 0) is 24.7 Å². The Morgan fingerprint density at radius 1 is 1.18 bits per heavy atom. The van der Waals surface area contributed by atoms with Crippen molar-refractivity contribution >= 4 is 16.9 Å². The average molecular weight is 462 g/mol. The van der Waals surface area contributed by atoms with E-state index in [4.69, 9.17) is 14.2 Å². The third kappa shape index (κ3) is 4.81. The van der Waals surface area contributed by atoms with E-state index >= 15 is 0 Å². The molecule has 0 saturated heterocycles. The molecule has 0 N–H and O–H groups in total. The van der Waals surface area contributed by atoms with Gasteiger partial charge < -0.3 is 14.2 Å². The summed E-state index contributed by atoms with van der Waals surface area (Å²) in [5.74, 6) is 1.50. The Labute approximate surface area is 199 Å². The number of carbonyl (C=O) groups is 1. The highest BCUT2D eigenvalue weighted by molar-refractivity contribution is 5.86. The van der Waals surface area contributed by atoms with E-state index in [1.54, 1.807) is 16.7 Å². The molecule has 0 aliphatic heterocycles. The van der Waals surface area contributed by atoms with Crippen LogP contribution in [0.3, 0.4) is 0 Å². The van der Waals surface area contributed by atoms with Crippen LogP contribution >= 0.6 is 0 Å². The standard InChI is InChI=1S/C26H31N5O3/c1-17-21(18(2)27-25-24(17)26(33-5)28-31(25)4)13-14-23(32)30(3)15-9-12-20-16-22(29-34-20)19-10-7-6-8-11-19/h6-8,10-11,16H,9,12-15H2,1-5H3. The maximum Gasteiger partial charge on any atom is 0.242 e. The lowest BCUT2D eigenvalue weighted by Crippen LogP contribution is -2.28. The molecule has 1 amide bonds. The Morgan fingerprint density at radius 2 is 1.94 bits per heavy atom. The highest BCUT2D eigenvalue weighted by atomic mass is 16.5. The second kappa shape index (κ2) is 10.1. The van der Waals surface area contributed by atoms with Crippen molar-refractivity contribution < 1.29 is 14.1 Å². The zero-order valence-electron chi connectivity index (χ0n) is 20.5. The van der Waals surface area contributed by atoms with Gasteiger partial charge in [0, 0.05) is 50.8 Å². The molecule has 0 spiro atoms. The zero-order valence-corrected chi connectivity index (χ0v) is 20.5. The lowest BCUT2D eigenvalue weighted by molar-refractivity contribution is -0.129. The fourth-order valence-corrected chi connectivity index (χ4v) is 4.32. The molecular weight excluding hydrogens is 430 g/mol. The summed E-state index contributed by atoms with van der Waals surface area (Å²) in [6.07, 6.45) is 2.60. The third-order valence-electron chi connectivity index (χ3n) is 6.28. The summed E-state index contributed by atoms with van der Waals surface area (Å²) in [6, 6.07) is 11.9. The number of amides is 1. The van der Waals surface area contributed by atoms with Gasteiger partial charge in [-0.2, -0.15) is 0 Å². The van der Waals surface area contributed by atoms with Crippen molar-refractivity contribution in [3.8, 4) is 17.1 Å². The van der Waals surface area contributed by atoms with Gasteiger partial charge in [-0.05, 0) is 37.8 Å². The van der Waals surface area contributed by atoms with Crippen LogP contribution in [0, 0.1) is 13.8 Å². The second-order valence-corrected chi connectivity index (χ2v) is 8.60. The Bertz CT molecular complexity index is 1290. The summed E-state index contributed by atoms with van der Waals surface area (Å²) in [5.41, 5.74) is 5.74. The van der Waals surface area contributed by atoms with Gasteiger partial charge in [-0.25, -0.2) is 9.67 Å². The summed E-state index contributed by atoms with van der Waals surface area (Å²) in [5, 5.41) is 9.47. The minimum Gasteiger partial charge on any atom is -0.479 e. The summed E-state index contributed by atoms with van der Waals surface area (Å²) in [6.45, 7) is 4.69. The summed E-state index contributed by atoms with van der Waals surface area (Å²) < 4.78 is 12.6. The minimum absolute atomic E-state index is 0.111. The summed E-state index contributed by atoms with van der Waals surface area (Å²) >= 11 is 0. The molecule has 4 aromatic rings. The SMILES string of the molecule is COc1nn(C)c2nc(C)c(CCC(=O)N(C)CCCc3cc(-c4ccccc4)no3)c(C)c12. The smallest absolute Gasteiger partial charge is 0.242 e. The van der Waals surface area contributed by atoms with Crippen molar-refractivity contribution in [2.75, 3.05) is 20.7 Å². The van der Waals surface area contributed by atoms with Gasteiger partial charge in [-0.3, -0.25) is 4.79 Å². The molecule has 3 aromatic heterocycles. The van der Waals surface area contributed by atoms with E-state index in [2.05, 4.69) is 10.3 Å². The molecule has 0 aliphatic rings. The van der Waals surface area contributed by atoms with Crippen molar-refractivity contribution in [1.29, 1.82) is 0 Å². The predicted molar refractivity (Wildman–Crippen MR) is 131 cm³/mol. The van der Waals surface area contributed by atoms with Crippen LogP contribution < -0.4 is 4.74 Å². The molecular formula is C26H31N5O3. The Balaban J connectivity index is 1.32. The van der Waals surface area contributed by atoms with Gasteiger partial charge in [0.15, 0.2) is 5.65 Å². The maximum absolute atomic E-state index is 12.8. The Hall–Kier alpha value is -3.68. The number of ether oxygens (including phenoxy) is 1. The zero-order chi connectivity index (χ0) is 24.2. The first kappa shape index (κ1) is 23.5. The number of hydrogen-bond donors (Lipinski definition) is 0. The van der Waals surface area contributed by atoms with Crippen LogP contribution in [0.25, 0.3) is 22.3 Å². The van der Waals surface area contributed by atoms with Crippen molar-refractivity contribution in [2.45, 2.75) is 39.5 Å². The highest BCUT2D eigenvalue weighted by Gasteiger charge is 2.19. The summed E-state index contributed by atoms with van der Waals surface area (Å²) in [7, 11) is 5.32. The number of aromatic nitrogens is 4. The molecule has 0 aliphatic carbocycles. The monoisotopic (exact) mass is 461 g/mol. The molecule has 3 heterocycles. The predicted octanol–water partition coefficient (Wildman–Crippen LogP) is 4.27. The molecule has 178 valence electrons. The molecule has 0 bridgehead atoms. The molecule has 1 aromatic carbocycles. The molecule has 4 rings (SSSR count). The van der Waals surface area contributed by atoms with Crippen LogP contribution in [0.4, 0.5) is 0 Å². The Kier molecular flexibility index (Phi) is 6.95. The number of rotatable bonds is 9. The van der Waals surface area contributed by atoms with Crippen molar-refractivity contribution in [3.63, 3.8) is 0 Å². The molecule has 0 unspecified atom stereocenters. The van der Waals surface area contributed by atoms with Gasteiger partial charge in [0.2, 0.25) is 11.8 Å². The quantitative estimate of drug-likeness (QED) is 0.370. The number of methoxy groups -OCH3 is 1. The van der Waals surface area contributed by atoms with Crippen LogP contribution in [0.5, 0.6) is 5.88 Å². The third-order valence-corrected chi connectivity index (χ3v) is 6.28. The lowest BCUT2D eigenvalue weighted by atomic mass is 10.00. The molecule has 0 fully saturated rings. The number of nitrogens with zero attached hydrogens (tertiary/aromatic N) is 5. The summed E-state index contributed by atoms with van der Waals surface area (Å²) in [4.78, 5) is 19.3. The first-order valence-corrected chi connectivity index (χ1v) is 11.5. The number of aryl methyl sites for hydroxylation is 4.